The molecule has 0 fully saturated rings. The van der Waals surface area contributed by atoms with Gasteiger partial charge in [-0.05, 0) is 38.2 Å². The van der Waals surface area contributed by atoms with Gasteiger partial charge in [0.25, 0.3) is 0 Å². The minimum Gasteiger partial charge on any atom is -0.370 e. The van der Waals surface area contributed by atoms with Crippen LogP contribution in [0.15, 0.2) is 60.7 Å². The Hall–Kier alpha value is -2.63. The number of nitrogens with one attached hydrogen (secondary N) is 2. The Morgan fingerprint density at radius 2 is 1.57 bits per heavy atom. The molecule has 28 heavy (non-hydrogen) atoms. The van der Waals surface area contributed by atoms with E-state index in [4.69, 9.17) is 16.6 Å². The van der Waals surface area contributed by atoms with Gasteiger partial charge in [0.15, 0.2) is 5.82 Å². The van der Waals surface area contributed by atoms with E-state index in [2.05, 4.69) is 40.7 Å². The van der Waals surface area contributed by atoms with E-state index < -0.39 is 0 Å². The zero-order chi connectivity index (χ0) is 19.8. The molecule has 0 saturated carbocycles. The lowest BCUT2D eigenvalue weighted by Gasteiger charge is -2.13. The molecule has 2 N–H and O–H groups in total. The second-order valence-electron chi connectivity index (χ2n) is 6.86. The molecule has 0 aliphatic heterocycles. The van der Waals surface area contributed by atoms with Gasteiger partial charge in [-0.3, -0.25) is 0 Å². The fourth-order valence-electron chi connectivity index (χ4n) is 2.78. The van der Waals surface area contributed by atoms with Gasteiger partial charge in [-0.25, -0.2) is 9.97 Å². The van der Waals surface area contributed by atoms with Crippen LogP contribution >= 0.6 is 11.6 Å². The molecule has 0 spiro atoms. The Kier molecular flexibility index (Phi) is 7.23. The van der Waals surface area contributed by atoms with Gasteiger partial charge in [0.1, 0.15) is 11.6 Å². The molecule has 0 radical (unpaired) electrons. The summed E-state index contributed by atoms with van der Waals surface area (Å²) in [6.07, 6.45) is 0.870. The van der Waals surface area contributed by atoms with Gasteiger partial charge in [-0.1, -0.05) is 54.1 Å². The predicted octanol–water partition coefficient (Wildman–Crippen LogP) is 4.43. The van der Waals surface area contributed by atoms with Gasteiger partial charge in [0.2, 0.25) is 0 Å². The lowest BCUT2D eigenvalue weighted by Crippen LogP contribution is -2.21. The van der Waals surface area contributed by atoms with Crippen molar-refractivity contribution in [1.82, 2.24) is 14.9 Å². The summed E-state index contributed by atoms with van der Waals surface area (Å²) in [7, 11) is 4.11. The average molecular weight is 396 g/mol. The van der Waals surface area contributed by atoms with Gasteiger partial charge < -0.3 is 15.5 Å². The van der Waals surface area contributed by atoms with Crippen molar-refractivity contribution < 1.29 is 0 Å². The number of hydrogen-bond donors (Lipinski definition) is 2. The van der Waals surface area contributed by atoms with Gasteiger partial charge >= 0.3 is 0 Å². The Bertz CT molecular complexity index is 883. The standard InChI is InChI=1S/C22H26ClN5/c1-28(2)14-13-25-21-16-20(24-12-11-17-7-6-10-19(23)15-17)26-22(27-21)18-8-4-3-5-9-18/h3-10,15-16H,11-14H2,1-2H3,(H2,24,25,26,27). The zero-order valence-electron chi connectivity index (χ0n) is 16.3. The number of aromatic nitrogens is 2. The van der Waals surface area contributed by atoms with E-state index in [1.807, 2.05) is 54.6 Å². The number of rotatable bonds is 9. The number of anilines is 2. The molecule has 6 heteroatoms. The predicted molar refractivity (Wildman–Crippen MR) is 118 cm³/mol. The molecule has 3 aromatic rings. The van der Waals surface area contributed by atoms with Gasteiger partial charge in [-0.15, -0.1) is 0 Å². The summed E-state index contributed by atoms with van der Waals surface area (Å²) in [5, 5.41) is 7.57. The highest BCUT2D eigenvalue weighted by Crippen LogP contribution is 2.20. The highest BCUT2D eigenvalue weighted by Gasteiger charge is 2.07. The fraction of sp³-hybridized carbons (Fsp3) is 0.273. The molecule has 1 heterocycles. The van der Waals surface area contributed by atoms with E-state index in [1.54, 1.807) is 0 Å². The highest BCUT2D eigenvalue weighted by atomic mass is 35.5. The number of halogens is 1. The second kappa shape index (κ2) is 10.1. The molecule has 0 aliphatic rings. The number of nitrogens with zero attached hydrogens (tertiary/aromatic N) is 3. The molecule has 0 aliphatic carbocycles. The van der Waals surface area contributed by atoms with Crippen LogP contribution in [0.2, 0.25) is 5.02 Å². The first-order valence-corrected chi connectivity index (χ1v) is 9.79. The molecule has 0 saturated heterocycles. The van der Waals surface area contributed by atoms with Crippen molar-refractivity contribution in [3.05, 3.63) is 71.2 Å². The van der Waals surface area contributed by atoms with Gasteiger partial charge in [-0.2, -0.15) is 0 Å². The molecule has 2 aromatic carbocycles. The van der Waals surface area contributed by atoms with Crippen molar-refractivity contribution in [3.8, 4) is 11.4 Å². The van der Waals surface area contributed by atoms with Crippen molar-refractivity contribution in [1.29, 1.82) is 0 Å². The highest BCUT2D eigenvalue weighted by molar-refractivity contribution is 6.30. The average Bonchev–Trinajstić information content (AvgIpc) is 2.68. The Morgan fingerprint density at radius 1 is 0.857 bits per heavy atom. The van der Waals surface area contributed by atoms with Crippen molar-refractivity contribution in [2.75, 3.05) is 44.4 Å². The summed E-state index contributed by atoms with van der Waals surface area (Å²) in [5.41, 5.74) is 2.19. The van der Waals surface area contributed by atoms with Crippen LogP contribution in [-0.2, 0) is 6.42 Å². The molecule has 0 unspecified atom stereocenters. The molecule has 0 bridgehead atoms. The van der Waals surface area contributed by atoms with E-state index >= 15 is 0 Å². The lowest BCUT2D eigenvalue weighted by molar-refractivity contribution is 0.425. The molecule has 1 aromatic heterocycles. The molecule has 146 valence electrons. The van der Waals surface area contributed by atoms with Crippen LogP contribution < -0.4 is 10.6 Å². The third-order valence-electron chi connectivity index (χ3n) is 4.23. The van der Waals surface area contributed by atoms with Crippen LogP contribution in [0.25, 0.3) is 11.4 Å². The quantitative estimate of drug-likeness (QED) is 0.561. The topological polar surface area (TPSA) is 53.1 Å². The molecule has 0 atom stereocenters. The summed E-state index contributed by atoms with van der Waals surface area (Å²) in [5.74, 6) is 2.34. The Morgan fingerprint density at radius 3 is 2.25 bits per heavy atom. The maximum Gasteiger partial charge on any atom is 0.163 e. The van der Waals surface area contributed by atoms with E-state index in [9.17, 15) is 0 Å². The van der Waals surface area contributed by atoms with Gasteiger partial charge in [0.05, 0.1) is 0 Å². The number of hydrogen-bond acceptors (Lipinski definition) is 5. The molecule has 0 amide bonds. The van der Waals surface area contributed by atoms with Crippen LogP contribution in [-0.4, -0.2) is 48.6 Å². The first kappa shape index (κ1) is 20.1. The Balaban J connectivity index is 1.72. The first-order valence-electron chi connectivity index (χ1n) is 9.41. The lowest BCUT2D eigenvalue weighted by atomic mass is 10.1. The van der Waals surface area contributed by atoms with Crippen LogP contribution in [0.3, 0.4) is 0 Å². The third-order valence-corrected chi connectivity index (χ3v) is 4.47. The summed E-state index contributed by atoms with van der Waals surface area (Å²) >= 11 is 6.07. The summed E-state index contributed by atoms with van der Waals surface area (Å²) in [6, 6.07) is 19.9. The van der Waals surface area contributed by atoms with Crippen LogP contribution in [0, 0.1) is 0 Å². The monoisotopic (exact) mass is 395 g/mol. The number of benzene rings is 2. The summed E-state index contributed by atoms with van der Waals surface area (Å²) in [4.78, 5) is 11.5. The SMILES string of the molecule is CN(C)CCNc1cc(NCCc2cccc(Cl)c2)nc(-c2ccccc2)n1. The molecule has 3 rings (SSSR count). The number of likely N-dealkylation sites (N-methyl/N-ethyl adjacent to an activating group) is 1. The van der Waals surface area contributed by atoms with Crippen LogP contribution in [0.5, 0.6) is 0 Å². The zero-order valence-corrected chi connectivity index (χ0v) is 17.1. The maximum atomic E-state index is 6.07. The summed E-state index contributed by atoms with van der Waals surface area (Å²) in [6.45, 7) is 2.52. The molecule has 5 nitrogen and oxygen atoms in total. The van der Waals surface area contributed by atoms with Crippen molar-refractivity contribution >= 4 is 23.2 Å². The van der Waals surface area contributed by atoms with Crippen molar-refractivity contribution in [2.45, 2.75) is 6.42 Å². The van der Waals surface area contributed by atoms with Crippen molar-refractivity contribution in [2.24, 2.45) is 0 Å². The maximum absolute atomic E-state index is 6.07. The second-order valence-corrected chi connectivity index (χ2v) is 7.30. The Labute approximate surface area is 171 Å². The fourth-order valence-corrected chi connectivity index (χ4v) is 2.99. The first-order chi connectivity index (χ1) is 13.6. The molecular formula is C22H26ClN5. The smallest absolute Gasteiger partial charge is 0.163 e. The van der Waals surface area contributed by atoms with Crippen LogP contribution in [0.1, 0.15) is 5.56 Å². The third kappa shape index (κ3) is 6.22. The normalized spacial score (nSPS) is 10.9. The van der Waals surface area contributed by atoms with E-state index in [0.717, 1.165) is 48.3 Å². The van der Waals surface area contributed by atoms with E-state index in [-0.39, 0.29) is 0 Å². The minimum atomic E-state index is 0.709. The van der Waals surface area contributed by atoms with Crippen molar-refractivity contribution in [3.63, 3.8) is 0 Å². The van der Waals surface area contributed by atoms with Gasteiger partial charge in [0, 0.05) is 36.3 Å². The minimum absolute atomic E-state index is 0.709. The van der Waals surface area contributed by atoms with Crippen LogP contribution in [0.4, 0.5) is 11.6 Å². The molecular weight excluding hydrogens is 370 g/mol. The van der Waals surface area contributed by atoms with E-state index in [0.29, 0.717) is 5.82 Å². The largest absolute Gasteiger partial charge is 0.370 e. The summed E-state index contributed by atoms with van der Waals surface area (Å²) < 4.78 is 0. The van der Waals surface area contributed by atoms with E-state index in [1.165, 1.54) is 5.56 Å².